The molecule has 1 aromatic carbocycles. The van der Waals surface area contributed by atoms with Crippen LogP contribution in [0.1, 0.15) is 5.56 Å². The number of methoxy groups -OCH3 is 1. The van der Waals surface area contributed by atoms with Gasteiger partial charge in [0.2, 0.25) is 5.95 Å². The van der Waals surface area contributed by atoms with Gasteiger partial charge in [-0.2, -0.15) is 0 Å². The van der Waals surface area contributed by atoms with Crippen LogP contribution in [0.3, 0.4) is 0 Å². The van der Waals surface area contributed by atoms with Crippen LogP contribution in [0.5, 0.6) is 5.75 Å². The molecular formula is C13H14N4OS. The Labute approximate surface area is 117 Å². The van der Waals surface area contributed by atoms with Gasteiger partial charge in [0.1, 0.15) is 5.75 Å². The molecule has 0 saturated carbocycles. The first kappa shape index (κ1) is 13.2. The van der Waals surface area contributed by atoms with Gasteiger partial charge >= 0.3 is 0 Å². The van der Waals surface area contributed by atoms with E-state index in [0.717, 1.165) is 11.3 Å². The first-order chi connectivity index (χ1) is 9.28. The Balaban J connectivity index is 1.83. The second-order valence-electron chi connectivity index (χ2n) is 3.73. The molecule has 0 aliphatic carbocycles. The van der Waals surface area contributed by atoms with Gasteiger partial charge in [0.15, 0.2) is 5.11 Å². The zero-order chi connectivity index (χ0) is 13.5. The Hall–Kier alpha value is -2.21. The summed E-state index contributed by atoms with van der Waals surface area (Å²) in [6, 6.07) is 9.53. The van der Waals surface area contributed by atoms with Crippen LogP contribution in [-0.4, -0.2) is 22.2 Å². The summed E-state index contributed by atoms with van der Waals surface area (Å²) in [5.41, 5.74) is 1.11. The van der Waals surface area contributed by atoms with Crippen molar-refractivity contribution in [2.24, 2.45) is 0 Å². The summed E-state index contributed by atoms with van der Waals surface area (Å²) in [6.45, 7) is 0.628. The Bertz CT molecular complexity index is 530. The molecule has 5 nitrogen and oxygen atoms in total. The zero-order valence-electron chi connectivity index (χ0n) is 10.5. The average Bonchev–Trinajstić information content (AvgIpc) is 2.47. The molecule has 0 bridgehead atoms. The number of nitrogens with one attached hydrogen (secondary N) is 2. The van der Waals surface area contributed by atoms with Gasteiger partial charge in [-0.15, -0.1) is 0 Å². The third-order valence-electron chi connectivity index (χ3n) is 2.40. The Morgan fingerprint density at radius 2 is 1.89 bits per heavy atom. The summed E-state index contributed by atoms with van der Waals surface area (Å²) >= 11 is 5.16. The van der Waals surface area contributed by atoms with Crippen molar-refractivity contribution in [2.75, 3.05) is 12.4 Å². The lowest BCUT2D eigenvalue weighted by Gasteiger charge is -2.09. The molecule has 0 fully saturated rings. The van der Waals surface area contributed by atoms with E-state index in [1.165, 1.54) is 0 Å². The van der Waals surface area contributed by atoms with Crippen LogP contribution in [0.2, 0.25) is 0 Å². The molecule has 0 amide bonds. The zero-order valence-corrected chi connectivity index (χ0v) is 11.3. The fraction of sp³-hybridized carbons (Fsp3) is 0.154. The van der Waals surface area contributed by atoms with Gasteiger partial charge in [0.05, 0.1) is 7.11 Å². The number of hydrogen-bond donors (Lipinski definition) is 2. The van der Waals surface area contributed by atoms with Crippen LogP contribution in [0.25, 0.3) is 0 Å². The van der Waals surface area contributed by atoms with E-state index in [4.69, 9.17) is 17.0 Å². The van der Waals surface area contributed by atoms with Crippen LogP contribution < -0.4 is 15.4 Å². The second-order valence-corrected chi connectivity index (χ2v) is 4.14. The molecule has 6 heteroatoms. The summed E-state index contributed by atoms with van der Waals surface area (Å²) in [5, 5.41) is 6.48. The van der Waals surface area contributed by atoms with Crippen LogP contribution >= 0.6 is 12.2 Å². The maximum Gasteiger partial charge on any atom is 0.228 e. The van der Waals surface area contributed by atoms with Gasteiger partial charge in [0, 0.05) is 18.9 Å². The predicted octanol–water partition coefficient (Wildman–Crippen LogP) is 1.97. The number of rotatable bonds is 4. The van der Waals surface area contributed by atoms with Gasteiger partial charge in [0.25, 0.3) is 0 Å². The van der Waals surface area contributed by atoms with Crippen molar-refractivity contribution in [1.82, 2.24) is 15.3 Å². The van der Waals surface area contributed by atoms with Gasteiger partial charge in [-0.05, 0) is 36.0 Å². The van der Waals surface area contributed by atoms with Crippen LogP contribution in [0, 0.1) is 0 Å². The van der Waals surface area contributed by atoms with Crippen LogP contribution in [0.15, 0.2) is 42.7 Å². The number of benzene rings is 1. The lowest BCUT2D eigenvalue weighted by molar-refractivity contribution is 0.414. The molecule has 0 radical (unpaired) electrons. The van der Waals surface area contributed by atoms with Crippen molar-refractivity contribution in [3.63, 3.8) is 0 Å². The van der Waals surface area contributed by atoms with Gasteiger partial charge in [-0.1, -0.05) is 12.1 Å². The highest BCUT2D eigenvalue weighted by atomic mass is 32.1. The number of nitrogens with zero attached hydrogens (tertiary/aromatic N) is 2. The van der Waals surface area contributed by atoms with Crippen molar-refractivity contribution in [2.45, 2.75) is 6.54 Å². The molecule has 0 unspecified atom stereocenters. The number of hydrogen-bond acceptors (Lipinski definition) is 4. The second kappa shape index (κ2) is 6.65. The minimum Gasteiger partial charge on any atom is -0.497 e. The quantitative estimate of drug-likeness (QED) is 0.831. The molecule has 1 aromatic heterocycles. The molecule has 0 aliphatic heterocycles. The third kappa shape index (κ3) is 4.18. The highest BCUT2D eigenvalue weighted by Crippen LogP contribution is 2.10. The molecule has 2 N–H and O–H groups in total. The molecule has 98 valence electrons. The lowest BCUT2D eigenvalue weighted by atomic mass is 10.2. The van der Waals surface area contributed by atoms with Gasteiger partial charge < -0.3 is 15.4 Å². The molecule has 0 atom stereocenters. The molecule has 1 heterocycles. The van der Waals surface area contributed by atoms with E-state index >= 15 is 0 Å². The van der Waals surface area contributed by atoms with Crippen molar-refractivity contribution >= 4 is 23.3 Å². The van der Waals surface area contributed by atoms with E-state index in [-0.39, 0.29) is 0 Å². The van der Waals surface area contributed by atoms with Gasteiger partial charge in [-0.3, -0.25) is 0 Å². The number of aromatic nitrogens is 2. The maximum absolute atomic E-state index is 5.16. The number of anilines is 1. The van der Waals surface area contributed by atoms with Crippen LogP contribution in [0.4, 0.5) is 5.95 Å². The van der Waals surface area contributed by atoms with E-state index in [0.29, 0.717) is 17.6 Å². The minimum atomic E-state index is 0.481. The molecule has 2 rings (SSSR count). The summed E-state index contributed by atoms with van der Waals surface area (Å²) in [7, 11) is 1.65. The van der Waals surface area contributed by atoms with Crippen molar-refractivity contribution < 1.29 is 4.74 Å². The highest BCUT2D eigenvalue weighted by Gasteiger charge is 1.99. The molecule has 0 saturated heterocycles. The lowest BCUT2D eigenvalue weighted by Crippen LogP contribution is -2.28. The van der Waals surface area contributed by atoms with Crippen molar-refractivity contribution in [1.29, 1.82) is 0 Å². The number of ether oxygens (including phenoxy) is 1. The minimum absolute atomic E-state index is 0.481. The first-order valence-corrected chi connectivity index (χ1v) is 6.13. The molecular weight excluding hydrogens is 260 g/mol. The summed E-state index contributed by atoms with van der Waals surface area (Å²) < 4.78 is 5.10. The standard InChI is InChI=1S/C13H14N4OS/c1-18-11-5-3-10(4-6-11)9-16-13(19)17-12-14-7-2-8-15-12/h2-8H,9H2,1H3,(H2,14,15,16,17,19). The maximum atomic E-state index is 5.16. The molecule has 2 aromatic rings. The third-order valence-corrected chi connectivity index (χ3v) is 2.65. The summed E-state index contributed by atoms with van der Waals surface area (Å²) in [4.78, 5) is 8.06. The van der Waals surface area contributed by atoms with Crippen molar-refractivity contribution in [3.05, 3.63) is 48.3 Å². The van der Waals surface area contributed by atoms with E-state index in [2.05, 4.69) is 20.6 Å². The summed E-state index contributed by atoms with van der Waals surface area (Å²) in [5.74, 6) is 1.32. The smallest absolute Gasteiger partial charge is 0.228 e. The van der Waals surface area contributed by atoms with Crippen molar-refractivity contribution in [3.8, 4) is 5.75 Å². The van der Waals surface area contributed by atoms with Gasteiger partial charge in [-0.25, -0.2) is 9.97 Å². The fourth-order valence-electron chi connectivity index (χ4n) is 1.44. The molecule has 0 aliphatic rings. The Kier molecular flexibility index (Phi) is 4.63. The SMILES string of the molecule is COc1ccc(CNC(=S)Nc2ncccn2)cc1. The van der Waals surface area contributed by atoms with E-state index in [1.807, 2.05) is 24.3 Å². The normalized spacial score (nSPS) is 9.74. The van der Waals surface area contributed by atoms with E-state index in [1.54, 1.807) is 25.6 Å². The Morgan fingerprint density at radius 3 is 2.53 bits per heavy atom. The fourth-order valence-corrected chi connectivity index (χ4v) is 1.60. The topological polar surface area (TPSA) is 59.1 Å². The van der Waals surface area contributed by atoms with E-state index in [9.17, 15) is 0 Å². The monoisotopic (exact) mass is 274 g/mol. The highest BCUT2D eigenvalue weighted by molar-refractivity contribution is 7.80. The Morgan fingerprint density at radius 1 is 1.21 bits per heavy atom. The molecule has 0 spiro atoms. The summed E-state index contributed by atoms with van der Waals surface area (Å²) in [6.07, 6.45) is 3.31. The predicted molar refractivity (Wildman–Crippen MR) is 78.1 cm³/mol. The van der Waals surface area contributed by atoms with E-state index < -0.39 is 0 Å². The molecule has 19 heavy (non-hydrogen) atoms. The van der Waals surface area contributed by atoms with Crippen LogP contribution in [-0.2, 0) is 6.54 Å². The largest absolute Gasteiger partial charge is 0.497 e. The first-order valence-electron chi connectivity index (χ1n) is 5.73. The number of thiocarbonyl (C=S) groups is 1. The average molecular weight is 274 g/mol.